The lowest BCUT2D eigenvalue weighted by Crippen LogP contribution is -2.48. The second kappa shape index (κ2) is 8.61. The van der Waals surface area contributed by atoms with Gasteiger partial charge in [-0.15, -0.1) is 0 Å². The maximum absolute atomic E-state index is 12.7. The molecule has 29 heavy (non-hydrogen) atoms. The number of nitrogens with two attached hydrogens (primary N) is 1. The first-order valence-electron chi connectivity index (χ1n) is 10.1. The molecule has 4 N–H and O–H groups in total. The monoisotopic (exact) mass is 394 g/mol. The summed E-state index contributed by atoms with van der Waals surface area (Å²) < 4.78 is 5.62. The van der Waals surface area contributed by atoms with E-state index in [2.05, 4.69) is 15.6 Å². The van der Waals surface area contributed by atoms with E-state index >= 15 is 0 Å². The van der Waals surface area contributed by atoms with Crippen molar-refractivity contribution in [2.45, 2.75) is 37.8 Å². The van der Waals surface area contributed by atoms with E-state index in [9.17, 15) is 9.59 Å². The standard InChI is InChI=1S/C22H26N4O3/c23-20(22(28)26-18-13-29-19-4-2-1-3-17(18)19)14-5-7-15(8-6-14)21(27)25-16-9-11-24-12-10-16/h1-4,9-12,14-15,18,20H,5-8,13,23H2,(H,26,28)(H,24,25,27). The number of aromatic nitrogens is 1. The molecule has 1 aromatic heterocycles. The smallest absolute Gasteiger partial charge is 0.237 e. The zero-order valence-corrected chi connectivity index (χ0v) is 16.2. The van der Waals surface area contributed by atoms with Gasteiger partial charge in [0.1, 0.15) is 12.4 Å². The number of para-hydroxylation sites is 1. The Kier molecular flexibility index (Phi) is 5.76. The fourth-order valence-corrected chi connectivity index (χ4v) is 4.18. The van der Waals surface area contributed by atoms with E-state index < -0.39 is 6.04 Å². The van der Waals surface area contributed by atoms with Crippen molar-refractivity contribution >= 4 is 17.5 Å². The quantitative estimate of drug-likeness (QED) is 0.722. The van der Waals surface area contributed by atoms with E-state index in [1.54, 1.807) is 24.5 Å². The van der Waals surface area contributed by atoms with E-state index in [0.717, 1.165) is 42.7 Å². The zero-order valence-electron chi connectivity index (χ0n) is 16.2. The summed E-state index contributed by atoms with van der Waals surface area (Å²) in [5.41, 5.74) is 8.02. The lowest BCUT2D eigenvalue weighted by atomic mass is 9.78. The van der Waals surface area contributed by atoms with Crippen molar-refractivity contribution in [3.63, 3.8) is 0 Å². The van der Waals surface area contributed by atoms with Gasteiger partial charge in [0.2, 0.25) is 11.8 Å². The fraction of sp³-hybridized carbons (Fsp3) is 0.409. The van der Waals surface area contributed by atoms with Crippen molar-refractivity contribution in [3.8, 4) is 5.75 Å². The molecule has 0 saturated heterocycles. The van der Waals surface area contributed by atoms with Crippen LogP contribution in [0.15, 0.2) is 48.8 Å². The molecule has 2 aliphatic rings. The van der Waals surface area contributed by atoms with Crippen molar-refractivity contribution in [1.29, 1.82) is 0 Å². The molecule has 4 rings (SSSR count). The Hall–Kier alpha value is -2.93. The molecule has 0 radical (unpaired) electrons. The average Bonchev–Trinajstić information content (AvgIpc) is 3.17. The Morgan fingerprint density at radius 1 is 1.07 bits per heavy atom. The zero-order chi connectivity index (χ0) is 20.2. The maximum atomic E-state index is 12.7. The number of ether oxygens (including phenoxy) is 1. The van der Waals surface area contributed by atoms with Gasteiger partial charge in [-0.25, -0.2) is 0 Å². The molecule has 2 unspecified atom stereocenters. The van der Waals surface area contributed by atoms with Gasteiger partial charge >= 0.3 is 0 Å². The number of pyridine rings is 1. The number of benzene rings is 1. The maximum Gasteiger partial charge on any atom is 0.237 e. The molecule has 2 heterocycles. The van der Waals surface area contributed by atoms with Crippen LogP contribution in [0.25, 0.3) is 0 Å². The number of rotatable bonds is 5. The van der Waals surface area contributed by atoms with E-state index in [1.165, 1.54) is 0 Å². The van der Waals surface area contributed by atoms with Crippen LogP contribution in [-0.4, -0.2) is 29.4 Å². The largest absolute Gasteiger partial charge is 0.491 e. The van der Waals surface area contributed by atoms with Crippen LogP contribution in [-0.2, 0) is 9.59 Å². The summed E-state index contributed by atoms with van der Waals surface area (Å²) in [7, 11) is 0. The third-order valence-corrected chi connectivity index (χ3v) is 5.92. The fourth-order valence-electron chi connectivity index (χ4n) is 4.18. The van der Waals surface area contributed by atoms with Gasteiger partial charge in [0, 0.05) is 29.6 Å². The topological polar surface area (TPSA) is 106 Å². The molecule has 2 atom stereocenters. The van der Waals surface area contributed by atoms with Gasteiger partial charge in [0.15, 0.2) is 0 Å². The van der Waals surface area contributed by atoms with E-state index in [-0.39, 0.29) is 29.7 Å². The molecule has 0 spiro atoms. The van der Waals surface area contributed by atoms with Gasteiger partial charge in [0.05, 0.1) is 12.1 Å². The second-order valence-corrected chi connectivity index (χ2v) is 7.77. The van der Waals surface area contributed by atoms with E-state index in [4.69, 9.17) is 10.5 Å². The minimum Gasteiger partial charge on any atom is -0.491 e. The van der Waals surface area contributed by atoms with Crippen molar-refractivity contribution < 1.29 is 14.3 Å². The summed E-state index contributed by atoms with van der Waals surface area (Å²) in [4.78, 5) is 29.1. The van der Waals surface area contributed by atoms with Crippen molar-refractivity contribution in [2.75, 3.05) is 11.9 Å². The van der Waals surface area contributed by atoms with Crippen LogP contribution in [0.2, 0.25) is 0 Å². The van der Waals surface area contributed by atoms with E-state index in [0.29, 0.717) is 6.61 Å². The van der Waals surface area contributed by atoms with Crippen LogP contribution in [0.5, 0.6) is 5.75 Å². The van der Waals surface area contributed by atoms with Crippen molar-refractivity contribution in [2.24, 2.45) is 17.6 Å². The second-order valence-electron chi connectivity index (χ2n) is 7.77. The number of anilines is 1. The minimum absolute atomic E-state index is 0.0207. The molecule has 2 amide bonds. The number of amides is 2. The van der Waals surface area contributed by atoms with Crippen molar-refractivity contribution in [3.05, 3.63) is 54.4 Å². The number of carbonyl (C=O) groups is 2. The highest BCUT2D eigenvalue weighted by Crippen LogP contribution is 2.33. The van der Waals surface area contributed by atoms with Crippen LogP contribution in [0.3, 0.4) is 0 Å². The molecular weight excluding hydrogens is 368 g/mol. The van der Waals surface area contributed by atoms with Gasteiger partial charge in [-0.2, -0.15) is 0 Å². The molecule has 1 aliphatic heterocycles. The first-order valence-corrected chi connectivity index (χ1v) is 10.1. The van der Waals surface area contributed by atoms with Gasteiger partial charge in [-0.1, -0.05) is 18.2 Å². The molecule has 7 nitrogen and oxygen atoms in total. The molecule has 0 bridgehead atoms. The summed E-state index contributed by atoms with van der Waals surface area (Å²) in [6, 6.07) is 10.5. The van der Waals surface area contributed by atoms with E-state index in [1.807, 2.05) is 24.3 Å². The first-order chi connectivity index (χ1) is 14.1. The first kappa shape index (κ1) is 19.4. The Morgan fingerprint density at radius 2 is 1.79 bits per heavy atom. The third-order valence-electron chi connectivity index (χ3n) is 5.92. The van der Waals surface area contributed by atoms with Crippen LogP contribution in [0, 0.1) is 11.8 Å². The third kappa shape index (κ3) is 4.40. The summed E-state index contributed by atoms with van der Waals surface area (Å²) in [6.45, 7) is 0.430. The number of fused-ring (bicyclic) bond motifs is 1. The average molecular weight is 394 g/mol. The highest BCUT2D eigenvalue weighted by atomic mass is 16.5. The van der Waals surface area contributed by atoms with Gasteiger partial charge in [-0.05, 0) is 49.8 Å². The van der Waals surface area contributed by atoms with Gasteiger partial charge in [-0.3, -0.25) is 14.6 Å². The molecule has 1 fully saturated rings. The molecule has 152 valence electrons. The van der Waals surface area contributed by atoms with Gasteiger partial charge < -0.3 is 21.1 Å². The molecule has 1 aromatic carbocycles. The van der Waals surface area contributed by atoms with Crippen LogP contribution in [0.1, 0.15) is 37.3 Å². The molecule has 2 aromatic rings. The summed E-state index contributed by atoms with van der Waals surface area (Å²) in [5.74, 6) is 0.710. The normalized spacial score (nSPS) is 24.1. The summed E-state index contributed by atoms with van der Waals surface area (Å²) >= 11 is 0. The van der Waals surface area contributed by atoms with Crippen molar-refractivity contribution in [1.82, 2.24) is 10.3 Å². The lowest BCUT2D eigenvalue weighted by molar-refractivity contribution is -0.125. The van der Waals surface area contributed by atoms with Crippen LogP contribution < -0.4 is 21.1 Å². The predicted octanol–water partition coefficient (Wildman–Crippen LogP) is 2.40. The van der Waals surface area contributed by atoms with Crippen LogP contribution >= 0.6 is 0 Å². The molecule has 7 heteroatoms. The van der Waals surface area contributed by atoms with Gasteiger partial charge in [0.25, 0.3) is 0 Å². The number of nitrogens with one attached hydrogen (secondary N) is 2. The Bertz CT molecular complexity index is 865. The molecule has 1 aliphatic carbocycles. The number of hydrogen-bond acceptors (Lipinski definition) is 5. The predicted molar refractivity (Wildman–Crippen MR) is 109 cm³/mol. The number of carbonyl (C=O) groups excluding carboxylic acids is 2. The number of hydrogen-bond donors (Lipinski definition) is 3. The summed E-state index contributed by atoms with van der Waals surface area (Å²) in [6.07, 6.45) is 6.30. The Morgan fingerprint density at radius 3 is 2.55 bits per heavy atom. The van der Waals surface area contributed by atoms with Crippen LogP contribution in [0.4, 0.5) is 5.69 Å². The Labute approximate surface area is 170 Å². The number of nitrogens with zero attached hydrogens (tertiary/aromatic N) is 1. The Balaban J connectivity index is 1.27. The summed E-state index contributed by atoms with van der Waals surface area (Å²) in [5, 5.41) is 5.96. The SMILES string of the molecule is NC(C(=O)NC1COc2ccccc21)C1CCC(C(=O)Nc2ccncc2)CC1. The lowest BCUT2D eigenvalue weighted by Gasteiger charge is -2.31. The highest BCUT2D eigenvalue weighted by Gasteiger charge is 2.34. The highest BCUT2D eigenvalue weighted by molar-refractivity contribution is 5.92. The molecular formula is C22H26N4O3. The minimum atomic E-state index is -0.577. The molecule has 1 saturated carbocycles.